The molecular weight excluding hydrogens is 238 g/mol. The molecule has 0 aromatic rings. The molecule has 3 heteroatoms. The molecule has 2 atom stereocenters. The van der Waals surface area contributed by atoms with Crippen molar-refractivity contribution in [3.8, 4) is 0 Å². The molecular formula is C16H31NO2. The van der Waals surface area contributed by atoms with Crippen LogP contribution in [0.15, 0.2) is 0 Å². The molecule has 0 spiro atoms. The van der Waals surface area contributed by atoms with Crippen LogP contribution in [-0.2, 0) is 4.79 Å². The van der Waals surface area contributed by atoms with Crippen molar-refractivity contribution < 1.29 is 9.90 Å². The van der Waals surface area contributed by atoms with Crippen LogP contribution in [0.25, 0.3) is 0 Å². The lowest BCUT2D eigenvalue weighted by Crippen LogP contribution is -2.41. The van der Waals surface area contributed by atoms with Crippen LogP contribution in [0, 0.1) is 11.8 Å². The monoisotopic (exact) mass is 269 g/mol. The lowest BCUT2D eigenvalue weighted by Gasteiger charge is -2.31. The standard InChI is InChI=1S/C16H31NO2/c1-4-6-14-7-5-8-15(10-9-14)17(11-13(2)3)12-16(18)19/h13-15H,4-12H2,1-3H3,(H,18,19). The van der Waals surface area contributed by atoms with E-state index in [4.69, 9.17) is 5.11 Å². The second-order valence-electron chi connectivity index (χ2n) is 6.53. The van der Waals surface area contributed by atoms with Crippen molar-refractivity contribution in [2.24, 2.45) is 11.8 Å². The van der Waals surface area contributed by atoms with Gasteiger partial charge in [0.15, 0.2) is 0 Å². The maximum absolute atomic E-state index is 11.0. The highest BCUT2D eigenvalue weighted by Gasteiger charge is 2.25. The maximum Gasteiger partial charge on any atom is 0.317 e. The summed E-state index contributed by atoms with van der Waals surface area (Å²) in [5.41, 5.74) is 0. The molecule has 1 rings (SSSR count). The molecule has 1 aliphatic carbocycles. The third-order valence-corrected chi connectivity index (χ3v) is 4.21. The third-order valence-electron chi connectivity index (χ3n) is 4.21. The second-order valence-corrected chi connectivity index (χ2v) is 6.53. The van der Waals surface area contributed by atoms with Crippen LogP contribution in [0.1, 0.15) is 65.7 Å². The van der Waals surface area contributed by atoms with Gasteiger partial charge in [-0.3, -0.25) is 9.69 Å². The Kier molecular flexibility index (Phi) is 7.44. The van der Waals surface area contributed by atoms with Crippen molar-refractivity contribution in [2.45, 2.75) is 71.8 Å². The molecule has 0 bridgehead atoms. The van der Waals surface area contributed by atoms with Crippen LogP contribution in [0.4, 0.5) is 0 Å². The lowest BCUT2D eigenvalue weighted by molar-refractivity contribution is -0.139. The van der Waals surface area contributed by atoms with Gasteiger partial charge in [0.1, 0.15) is 0 Å². The zero-order chi connectivity index (χ0) is 14.3. The van der Waals surface area contributed by atoms with Crippen molar-refractivity contribution in [1.29, 1.82) is 0 Å². The fourth-order valence-corrected chi connectivity index (χ4v) is 3.41. The SMILES string of the molecule is CCCC1CCCC(N(CC(=O)O)CC(C)C)CC1. The van der Waals surface area contributed by atoms with Gasteiger partial charge >= 0.3 is 5.97 Å². The van der Waals surface area contributed by atoms with Gasteiger partial charge in [-0.1, -0.05) is 46.5 Å². The molecule has 1 fully saturated rings. The summed E-state index contributed by atoms with van der Waals surface area (Å²) in [6.45, 7) is 7.73. The maximum atomic E-state index is 11.0. The molecule has 0 radical (unpaired) electrons. The predicted octanol–water partition coefficient (Wildman–Crippen LogP) is 3.78. The van der Waals surface area contributed by atoms with Gasteiger partial charge in [0.25, 0.3) is 0 Å². The molecule has 1 saturated carbocycles. The van der Waals surface area contributed by atoms with E-state index in [0.717, 1.165) is 12.5 Å². The van der Waals surface area contributed by atoms with Crippen LogP contribution in [0.5, 0.6) is 0 Å². The van der Waals surface area contributed by atoms with Crippen molar-refractivity contribution >= 4 is 5.97 Å². The Morgan fingerprint density at radius 1 is 1.26 bits per heavy atom. The first-order chi connectivity index (χ1) is 9.02. The van der Waals surface area contributed by atoms with E-state index >= 15 is 0 Å². The lowest BCUT2D eigenvalue weighted by atomic mass is 9.95. The minimum Gasteiger partial charge on any atom is -0.480 e. The summed E-state index contributed by atoms with van der Waals surface area (Å²) in [5.74, 6) is 0.727. The molecule has 2 unspecified atom stereocenters. The second kappa shape index (κ2) is 8.57. The van der Waals surface area contributed by atoms with Gasteiger partial charge in [-0.2, -0.15) is 0 Å². The van der Waals surface area contributed by atoms with Crippen LogP contribution in [0.3, 0.4) is 0 Å². The van der Waals surface area contributed by atoms with E-state index in [1.165, 1.54) is 44.9 Å². The minimum atomic E-state index is -0.685. The van der Waals surface area contributed by atoms with E-state index in [1.54, 1.807) is 0 Å². The van der Waals surface area contributed by atoms with E-state index in [1.807, 2.05) is 0 Å². The highest BCUT2D eigenvalue weighted by atomic mass is 16.4. The Balaban J connectivity index is 2.55. The Bertz CT molecular complexity index is 265. The van der Waals surface area contributed by atoms with Gasteiger partial charge < -0.3 is 5.11 Å². The number of nitrogens with zero attached hydrogens (tertiary/aromatic N) is 1. The smallest absolute Gasteiger partial charge is 0.317 e. The number of carbonyl (C=O) groups is 1. The van der Waals surface area contributed by atoms with Gasteiger partial charge in [0.05, 0.1) is 6.54 Å². The number of carboxylic acid groups (broad SMARTS) is 1. The van der Waals surface area contributed by atoms with Gasteiger partial charge in [0, 0.05) is 12.6 Å². The zero-order valence-corrected chi connectivity index (χ0v) is 12.9. The molecule has 0 aliphatic heterocycles. The summed E-state index contributed by atoms with van der Waals surface area (Å²) in [5, 5.41) is 9.09. The number of carboxylic acids is 1. The Labute approximate surface area is 118 Å². The van der Waals surface area contributed by atoms with Gasteiger partial charge in [-0.25, -0.2) is 0 Å². The van der Waals surface area contributed by atoms with E-state index in [-0.39, 0.29) is 6.54 Å². The first-order valence-electron chi connectivity index (χ1n) is 7.98. The van der Waals surface area contributed by atoms with Crippen LogP contribution in [-0.4, -0.2) is 35.1 Å². The van der Waals surface area contributed by atoms with E-state index in [9.17, 15) is 4.79 Å². The molecule has 0 aromatic carbocycles. The Morgan fingerprint density at radius 2 is 2.00 bits per heavy atom. The fraction of sp³-hybridized carbons (Fsp3) is 0.938. The van der Waals surface area contributed by atoms with Crippen LogP contribution >= 0.6 is 0 Å². The average molecular weight is 269 g/mol. The van der Waals surface area contributed by atoms with Crippen molar-refractivity contribution in [3.63, 3.8) is 0 Å². The molecule has 0 aromatic heterocycles. The molecule has 1 aliphatic rings. The summed E-state index contributed by atoms with van der Waals surface area (Å²) < 4.78 is 0. The predicted molar refractivity (Wildman–Crippen MR) is 79.3 cm³/mol. The molecule has 0 saturated heterocycles. The average Bonchev–Trinajstić information content (AvgIpc) is 2.53. The minimum absolute atomic E-state index is 0.210. The van der Waals surface area contributed by atoms with Crippen LogP contribution in [0.2, 0.25) is 0 Å². The highest BCUT2D eigenvalue weighted by Crippen LogP contribution is 2.29. The zero-order valence-electron chi connectivity index (χ0n) is 12.9. The summed E-state index contributed by atoms with van der Waals surface area (Å²) in [4.78, 5) is 13.3. The van der Waals surface area contributed by atoms with E-state index in [0.29, 0.717) is 12.0 Å². The first kappa shape index (κ1) is 16.5. The Morgan fingerprint density at radius 3 is 2.58 bits per heavy atom. The van der Waals surface area contributed by atoms with Gasteiger partial charge in [-0.05, 0) is 31.1 Å². The number of rotatable bonds is 7. The van der Waals surface area contributed by atoms with Crippen molar-refractivity contribution in [3.05, 3.63) is 0 Å². The van der Waals surface area contributed by atoms with Crippen LogP contribution < -0.4 is 0 Å². The molecule has 0 heterocycles. The quantitative estimate of drug-likeness (QED) is 0.715. The topological polar surface area (TPSA) is 40.5 Å². The number of hydrogen-bond donors (Lipinski definition) is 1. The summed E-state index contributed by atoms with van der Waals surface area (Å²) in [6.07, 6.45) is 8.88. The summed E-state index contributed by atoms with van der Waals surface area (Å²) in [7, 11) is 0. The summed E-state index contributed by atoms with van der Waals surface area (Å²) in [6, 6.07) is 0.486. The number of hydrogen-bond acceptors (Lipinski definition) is 2. The Hall–Kier alpha value is -0.570. The van der Waals surface area contributed by atoms with Gasteiger partial charge in [0.2, 0.25) is 0 Å². The molecule has 19 heavy (non-hydrogen) atoms. The number of aliphatic carboxylic acids is 1. The van der Waals surface area contributed by atoms with E-state index < -0.39 is 5.97 Å². The molecule has 0 amide bonds. The fourth-order valence-electron chi connectivity index (χ4n) is 3.41. The first-order valence-corrected chi connectivity index (χ1v) is 7.98. The largest absolute Gasteiger partial charge is 0.480 e. The van der Waals surface area contributed by atoms with Crippen molar-refractivity contribution in [1.82, 2.24) is 4.90 Å². The third kappa shape index (κ3) is 6.42. The molecule has 1 N–H and O–H groups in total. The molecule has 3 nitrogen and oxygen atoms in total. The normalized spacial score (nSPS) is 24.7. The van der Waals surface area contributed by atoms with Gasteiger partial charge in [-0.15, -0.1) is 0 Å². The van der Waals surface area contributed by atoms with E-state index in [2.05, 4.69) is 25.7 Å². The van der Waals surface area contributed by atoms with Crippen molar-refractivity contribution in [2.75, 3.05) is 13.1 Å². The molecule has 112 valence electrons. The highest BCUT2D eigenvalue weighted by molar-refractivity contribution is 5.69. The summed E-state index contributed by atoms with van der Waals surface area (Å²) >= 11 is 0.